The monoisotopic (exact) mass is 448 g/mol. The third-order valence-electron chi connectivity index (χ3n) is 3.77. The molecule has 0 saturated carbocycles. The lowest BCUT2D eigenvalue weighted by atomic mass is 9.97. The molecule has 0 bridgehead atoms. The zero-order valence-corrected chi connectivity index (χ0v) is 17.4. The van der Waals surface area contributed by atoms with Crippen molar-refractivity contribution in [2.75, 3.05) is 19.6 Å². The van der Waals surface area contributed by atoms with Gasteiger partial charge < -0.3 is 10.6 Å². The van der Waals surface area contributed by atoms with Crippen molar-refractivity contribution in [2.45, 2.75) is 52.4 Å². The quantitative estimate of drug-likeness (QED) is 0.286. The maximum absolute atomic E-state index is 4.64. The van der Waals surface area contributed by atoms with Gasteiger partial charge in [0.05, 0.1) is 10.7 Å². The Morgan fingerprint density at radius 1 is 1.30 bits per heavy atom. The summed E-state index contributed by atoms with van der Waals surface area (Å²) in [6.07, 6.45) is 9.71. The number of aromatic nitrogens is 1. The summed E-state index contributed by atoms with van der Waals surface area (Å²) >= 11 is 1.71. The highest BCUT2D eigenvalue weighted by Crippen LogP contribution is 2.19. The molecule has 6 heteroatoms. The minimum atomic E-state index is 0. The molecule has 0 aliphatic heterocycles. The minimum absolute atomic E-state index is 0. The van der Waals surface area contributed by atoms with E-state index in [9.17, 15) is 0 Å². The van der Waals surface area contributed by atoms with E-state index in [0.29, 0.717) is 0 Å². The summed E-state index contributed by atoms with van der Waals surface area (Å²) in [5, 5.41) is 10.0. The number of hydrogen-bond donors (Lipinski definition) is 2. The van der Waals surface area contributed by atoms with E-state index in [1.807, 2.05) is 6.92 Å². The Morgan fingerprint density at radius 3 is 2.83 bits per heavy atom. The van der Waals surface area contributed by atoms with Crippen molar-refractivity contribution >= 4 is 41.3 Å². The van der Waals surface area contributed by atoms with Gasteiger partial charge in [-0.3, -0.25) is 4.99 Å². The zero-order chi connectivity index (χ0) is 15.6. The average Bonchev–Trinajstić information content (AvgIpc) is 2.94. The van der Waals surface area contributed by atoms with E-state index in [1.54, 1.807) is 16.9 Å². The van der Waals surface area contributed by atoms with E-state index in [1.165, 1.54) is 25.7 Å². The van der Waals surface area contributed by atoms with Crippen LogP contribution in [0, 0.1) is 6.92 Å². The Labute approximate surface area is 161 Å². The van der Waals surface area contributed by atoms with Gasteiger partial charge in [-0.15, -0.1) is 35.3 Å². The molecule has 1 aliphatic carbocycles. The third-order valence-corrected chi connectivity index (χ3v) is 4.59. The number of nitrogens with zero attached hydrogens (tertiary/aromatic N) is 2. The molecule has 0 saturated heterocycles. The molecule has 0 atom stereocenters. The van der Waals surface area contributed by atoms with Crippen LogP contribution in [0.2, 0.25) is 0 Å². The van der Waals surface area contributed by atoms with Gasteiger partial charge in [0.1, 0.15) is 0 Å². The SMILES string of the molecule is CCNC(=NCCc1csc(C)n1)NCCC1=CCCCC1.I. The molecule has 23 heavy (non-hydrogen) atoms. The van der Waals surface area contributed by atoms with Crippen LogP contribution in [0.5, 0.6) is 0 Å². The van der Waals surface area contributed by atoms with Crippen LogP contribution in [0.25, 0.3) is 0 Å². The van der Waals surface area contributed by atoms with Crippen LogP contribution < -0.4 is 10.6 Å². The number of thiazole rings is 1. The first-order valence-corrected chi connectivity index (χ1v) is 9.27. The Kier molecular flexibility index (Phi) is 10.5. The van der Waals surface area contributed by atoms with E-state index in [0.717, 1.165) is 49.1 Å². The number of hydrogen-bond acceptors (Lipinski definition) is 3. The van der Waals surface area contributed by atoms with Crippen molar-refractivity contribution in [3.05, 3.63) is 27.7 Å². The predicted molar refractivity (Wildman–Crippen MR) is 111 cm³/mol. The maximum atomic E-state index is 4.64. The van der Waals surface area contributed by atoms with Crippen molar-refractivity contribution in [3.8, 4) is 0 Å². The summed E-state index contributed by atoms with van der Waals surface area (Å²) in [6.45, 7) is 6.78. The molecule has 1 aliphatic rings. The fourth-order valence-electron chi connectivity index (χ4n) is 2.62. The summed E-state index contributed by atoms with van der Waals surface area (Å²) in [4.78, 5) is 9.12. The molecule has 0 spiro atoms. The molecular weight excluding hydrogens is 419 g/mol. The summed E-state index contributed by atoms with van der Waals surface area (Å²) < 4.78 is 0. The van der Waals surface area contributed by atoms with Gasteiger partial charge in [-0.05, 0) is 46.0 Å². The maximum Gasteiger partial charge on any atom is 0.191 e. The second kappa shape index (κ2) is 11.8. The first-order chi connectivity index (χ1) is 10.8. The summed E-state index contributed by atoms with van der Waals surface area (Å²) in [6, 6.07) is 0. The van der Waals surface area contributed by atoms with Gasteiger partial charge in [0.25, 0.3) is 0 Å². The topological polar surface area (TPSA) is 49.3 Å². The fourth-order valence-corrected chi connectivity index (χ4v) is 3.27. The highest BCUT2D eigenvalue weighted by atomic mass is 127. The van der Waals surface area contributed by atoms with Crippen molar-refractivity contribution in [1.82, 2.24) is 15.6 Å². The number of aryl methyl sites for hydroxylation is 1. The smallest absolute Gasteiger partial charge is 0.191 e. The number of halogens is 1. The van der Waals surface area contributed by atoms with Crippen molar-refractivity contribution < 1.29 is 0 Å². The van der Waals surface area contributed by atoms with Crippen LogP contribution in [0.1, 0.15) is 49.7 Å². The van der Waals surface area contributed by atoms with Crippen LogP contribution in [-0.4, -0.2) is 30.6 Å². The molecule has 0 amide bonds. The van der Waals surface area contributed by atoms with Gasteiger partial charge >= 0.3 is 0 Å². The van der Waals surface area contributed by atoms with Crippen LogP contribution in [0.15, 0.2) is 22.0 Å². The number of rotatable bonds is 7. The van der Waals surface area contributed by atoms with Crippen molar-refractivity contribution in [1.29, 1.82) is 0 Å². The van der Waals surface area contributed by atoms with Gasteiger partial charge in [0, 0.05) is 31.4 Å². The standard InChI is InChI=1S/C17H28N4S.HI/c1-3-18-17(19-11-9-15-7-5-4-6-8-15)20-12-10-16-13-22-14(2)21-16;/h7,13H,3-6,8-12H2,1-2H3,(H2,18,19,20);1H. The van der Waals surface area contributed by atoms with Crippen molar-refractivity contribution in [2.24, 2.45) is 4.99 Å². The molecular formula is C17H29IN4S. The summed E-state index contributed by atoms with van der Waals surface area (Å²) in [5.74, 6) is 0.922. The molecule has 0 fully saturated rings. The number of allylic oxidation sites excluding steroid dienone is 1. The highest BCUT2D eigenvalue weighted by molar-refractivity contribution is 14.0. The predicted octanol–water partition coefficient (Wildman–Crippen LogP) is 4.06. The summed E-state index contributed by atoms with van der Waals surface area (Å²) in [7, 11) is 0. The average molecular weight is 448 g/mol. The first-order valence-electron chi connectivity index (χ1n) is 8.39. The van der Waals surface area contributed by atoms with Gasteiger partial charge in [0.2, 0.25) is 0 Å². The second-order valence-corrected chi connectivity index (χ2v) is 6.72. The van der Waals surface area contributed by atoms with Crippen LogP contribution in [0.3, 0.4) is 0 Å². The van der Waals surface area contributed by atoms with Crippen molar-refractivity contribution in [3.63, 3.8) is 0 Å². The first kappa shape index (κ1) is 20.4. The number of nitrogens with one attached hydrogen (secondary N) is 2. The largest absolute Gasteiger partial charge is 0.357 e. The molecule has 0 unspecified atom stereocenters. The Bertz CT molecular complexity index is 510. The highest BCUT2D eigenvalue weighted by Gasteiger charge is 2.04. The van der Waals surface area contributed by atoms with Crippen LogP contribution >= 0.6 is 35.3 Å². The molecule has 4 nitrogen and oxygen atoms in total. The van der Waals surface area contributed by atoms with Gasteiger partial charge in [-0.2, -0.15) is 0 Å². The molecule has 1 aromatic heterocycles. The Hall–Kier alpha value is -0.630. The van der Waals surface area contributed by atoms with Gasteiger partial charge in [-0.1, -0.05) is 11.6 Å². The van der Waals surface area contributed by atoms with Gasteiger partial charge in [0.15, 0.2) is 5.96 Å². The number of guanidine groups is 1. The summed E-state index contributed by atoms with van der Waals surface area (Å²) in [5.41, 5.74) is 2.75. The molecule has 1 aromatic rings. The molecule has 130 valence electrons. The van der Waals surface area contributed by atoms with Crippen LogP contribution in [0.4, 0.5) is 0 Å². The molecule has 0 radical (unpaired) electrons. The lowest BCUT2D eigenvalue weighted by Crippen LogP contribution is -2.38. The van der Waals surface area contributed by atoms with E-state index in [-0.39, 0.29) is 24.0 Å². The minimum Gasteiger partial charge on any atom is -0.357 e. The molecule has 1 heterocycles. The normalized spacial score (nSPS) is 14.9. The molecule has 0 aromatic carbocycles. The fraction of sp³-hybridized carbons (Fsp3) is 0.647. The lowest BCUT2D eigenvalue weighted by molar-refractivity contribution is 0.665. The van der Waals surface area contributed by atoms with E-state index < -0.39 is 0 Å². The Balaban J connectivity index is 0.00000264. The lowest BCUT2D eigenvalue weighted by Gasteiger charge is -2.15. The van der Waals surface area contributed by atoms with Crippen LogP contribution in [-0.2, 0) is 6.42 Å². The van der Waals surface area contributed by atoms with E-state index in [2.05, 4.69) is 39.0 Å². The number of aliphatic imine (C=N–C) groups is 1. The van der Waals surface area contributed by atoms with E-state index in [4.69, 9.17) is 0 Å². The molecule has 2 N–H and O–H groups in total. The molecule has 2 rings (SSSR count). The van der Waals surface area contributed by atoms with E-state index >= 15 is 0 Å². The third kappa shape index (κ3) is 8.15. The second-order valence-electron chi connectivity index (χ2n) is 5.65. The van der Waals surface area contributed by atoms with Gasteiger partial charge in [-0.25, -0.2) is 4.98 Å². The Morgan fingerprint density at radius 2 is 2.17 bits per heavy atom. The zero-order valence-electron chi connectivity index (χ0n) is 14.2.